The Kier molecular flexibility index (Phi) is 7.76. The zero-order valence-electron chi connectivity index (χ0n) is 19.5. The Labute approximate surface area is 195 Å². The Hall–Kier alpha value is -1.80. The van der Waals surface area contributed by atoms with E-state index in [2.05, 4.69) is 13.2 Å². The van der Waals surface area contributed by atoms with Crippen molar-refractivity contribution in [1.29, 1.82) is 0 Å². The van der Waals surface area contributed by atoms with Crippen molar-refractivity contribution in [2.24, 2.45) is 11.8 Å². The van der Waals surface area contributed by atoms with Gasteiger partial charge in [0.1, 0.15) is 6.04 Å². The maximum Gasteiger partial charge on any atom is 0.247 e. The fourth-order valence-electron chi connectivity index (χ4n) is 5.74. The van der Waals surface area contributed by atoms with Gasteiger partial charge < -0.3 is 19.8 Å². The van der Waals surface area contributed by atoms with E-state index in [-0.39, 0.29) is 35.6 Å². The molecular formula is C24H37N3O4S. The summed E-state index contributed by atoms with van der Waals surface area (Å²) in [5.74, 6) is -1.05. The monoisotopic (exact) mass is 463 g/mol. The van der Waals surface area contributed by atoms with Crippen molar-refractivity contribution in [2.75, 3.05) is 33.3 Å². The third-order valence-corrected chi connectivity index (χ3v) is 9.09. The predicted octanol–water partition coefficient (Wildman–Crippen LogP) is 1.92. The van der Waals surface area contributed by atoms with Crippen molar-refractivity contribution in [3.05, 3.63) is 25.3 Å². The molecule has 0 aromatic heterocycles. The van der Waals surface area contributed by atoms with Crippen LogP contribution < -0.4 is 0 Å². The van der Waals surface area contributed by atoms with Gasteiger partial charge >= 0.3 is 0 Å². The van der Waals surface area contributed by atoms with Crippen LogP contribution in [-0.4, -0.2) is 92.9 Å². The van der Waals surface area contributed by atoms with Gasteiger partial charge in [-0.2, -0.15) is 0 Å². The van der Waals surface area contributed by atoms with Gasteiger partial charge in [-0.25, -0.2) is 0 Å². The standard InChI is InChI=1S/C24H37N3O4S/c1-6-12-25(5)21(29)18-17-10-11-24(32-17)19(18)22(30)27(14-8-9-15-28)20(24)23(31)26(13-7-2)16(3)4/h6-7,16-20,28H,1-2,8-15H2,3-5H3/t17-,18+,19-,20?,24?/m0/s1. The summed E-state index contributed by atoms with van der Waals surface area (Å²) in [6.45, 7) is 12.8. The third-order valence-electron chi connectivity index (χ3n) is 7.14. The van der Waals surface area contributed by atoms with Crippen molar-refractivity contribution in [3.63, 3.8) is 0 Å². The Morgan fingerprint density at radius 2 is 1.94 bits per heavy atom. The van der Waals surface area contributed by atoms with Gasteiger partial charge in [-0.05, 0) is 39.5 Å². The summed E-state index contributed by atoms with van der Waals surface area (Å²) in [6.07, 6.45) is 6.21. The highest BCUT2D eigenvalue weighted by atomic mass is 32.2. The average molecular weight is 464 g/mol. The summed E-state index contributed by atoms with van der Waals surface area (Å²) >= 11 is 1.69. The lowest BCUT2D eigenvalue weighted by Crippen LogP contribution is -2.56. The van der Waals surface area contributed by atoms with E-state index in [0.717, 1.165) is 12.8 Å². The van der Waals surface area contributed by atoms with Crippen molar-refractivity contribution in [1.82, 2.24) is 14.7 Å². The topological polar surface area (TPSA) is 81.2 Å². The zero-order chi connectivity index (χ0) is 23.6. The van der Waals surface area contributed by atoms with Crippen LogP contribution in [0.1, 0.15) is 39.5 Å². The number of likely N-dealkylation sites (N-methyl/N-ethyl adjacent to an activating group) is 1. The number of fused-ring (bicyclic) bond motifs is 1. The summed E-state index contributed by atoms with van der Waals surface area (Å²) in [7, 11) is 1.75. The van der Waals surface area contributed by atoms with Crippen LogP contribution in [0.15, 0.2) is 25.3 Å². The van der Waals surface area contributed by atoms with Gasteiger partial charge in [-0.1, -0.05) is 12.2 Å². The minimum atomic E-state index is -0.585. The zero-order valence-corrected chi connectivity index (χ0v) is 20.4. The van der Waals surface area contributed by atoms with Crippen LogP contribution in [0.25, 0.3) is 0 Å². The molecule has 3 aliphatic rings. The third kappa shape index (κ3) is 4.00. The number of hydrogen-bond acceptors (Lipinski definition) is 5. The number of thioether (sulfide) groups is 1. The highest BCUT2D eigenvalue weighted by Gasteiger charge is 2.73. The molecule has 0 aliphatic carbocycles. The van der Waals surface area contributed by atoms with Gasteiger partial charge in [0.05, 0.1) is 16.6 Å². The molecule has 2 unspecified atom stereocenters. The van der Waals surface area contributed by atoms with Crippen LogP contribution in [0.4, 0.5) is 0 Å². The highest BCUT2D eigenvalue weighted by Crippen LogP contribution is 2.66. The molecular weight excluding hydrogens is 426 g/mol. The second-order valence-electron chi connectivity index (χ2n) is 9.40. The molecule has 3 rings (SSSR count). The second-order valence-corrected chi connectivity index (χ2v) is 11.0. The number of carbonyl (C=O) groups is 3. The lowest BCUT2D eigenvalue weighted by Gasteiger charge is -2.38. The van der Waals surface area contributed by atoms with Gasteiger partial charge in [0.25, 0.3) is 0 Å². The number of unbranched alkanes of at least 4 members (excludes halogenated alkanes) is 1. The van der Waals surface area contributed by atoms with E-state index in [4.69, 9.17) is 0 Å². The van der Waals surface area contributed by atoms with E-state index >= 15 is 0 Å². The molecule has 3 amide bonds. The Morgan fingerprint density at radius 3 is 2.53 bits per heavy atom. The Balaban J connectivity index is 2.00. The average Bonchev–Trinajstić information content (AvgIpc) is 3.39. The summed E-state index contributed by atoms with van der Waals surface area (Å²) in [4.78, 5) is 46.2. The van der Waals surface area contributed by atoms with Crippen LogP contribution in [0.5, 0.6) is 0 Å². The number of aliphatic hydroxyl groups is 1. The molecule has 3 fully saturated rings. The SMILES string of the molecule is C=CCN(C)C(=O)[C@@H]1[C@@H]2CCC3(S2)C(C(=O)N(CC=C)C(C)C)N(CCCCO)C(=O)[C@H]13. The van der Waals surface area contributed by atoms with Gasteiger partial charge in [0.15, 0.2) is 0 Å². The van der Waals surface area contributed by atoms with E-state index in [0.29, 0.717) is 32.5 Å². The maximum atomic E-state index is 13.9. The molecule has 1 spiro atoms. The molecule has 3 aliphatic heterocycles. The van der Waals surface area contributed by atoms with Crippen LogP contribution in [0.3, 0.4) is 0 Å². The molecule has 3 saturated heterocycles. The first-order chi connectivity index (χ1) is 15.2. The number of amides is 3. The quantitative estimate of drug-likeness (QED) is 0.374. The summed E-state index contributed by atoms with van der Waals surface area (Å²) in [6, 6.07) is -0.608. The molecule has 0 aromatic rings. The van der Waals surface area contributed by atoms with Gasteiger partial charge in [0, 0.05) is 44.6 Å². The van der Waals surface area contributed by atoms with Crippen molar-refractivity contribution >= 4 is 29.5 Å². The first kappa shape index (κ1) is 24.8. The fourth-order valence-corrected chi connectivity index (χ4v) is 7.94. The molecule has 7 nitrogen and oxygen atoms in total. The molecule has 3 heterocycles. The molecule has 2 bridgehead atoms. The molecule has 8 heteroatoms. The molecule has 5 atom stereocenters. The van der Waals surface area contributed by atoms with E-state index in [1.165, 1.54) is 0 Å². The summed E-state index contributed by atoms with van der Waals surface area (Å²) < 4.78 is -0.568. The molecule has 0 radical (unpaired) electrons. The maximum absolute atomic E-state index is 13.9. The van der Waals surface area contributed by atoms with Crippen LogP contribution in [0.2, 0.25) is 0 Å². The summed E-state index contributed by atoms with van der Waals surface area (Å²) in [5, 5.41) is 9.31. The predicted molar refractivity (Wildman–Crippen MR) is 127 cm³/mol. The normalized spacial score (nSPS) is 30.5. The largest absolute Gasteiger partial charge is 0.396 e. The van der Waals surface area contributed by atoms with Crippen molar-refractivity contribution < 1.29 is 19.5 Å². The number of hydrogen-bond donors (Lipinski definition) is 1. The van der Waals surface area contributed by atoms with Crippen molar-refractivity contribution in [3.8, 4) is 0 Å². The number of aliphatic hydroxyl groups excluding tert-OH is 1. The first-order valence-electron chi connectivity index (χ1n) is 11.6. The Bertz CT molecular complexity index is 772. The number of nitrogens with zero attached hydrogens (tertiary/aromatic N) is 3. The number of likely N-dealkylation sites (tertiary alicyclic amines) is 1. The lowest BCUT2D eigenvalue weighted by atomic mass is 9.70. The van der Waals surface area contributed by atoms with E-state index in [9.17, 15) is 19.5 Å². The Morgan fingerprint density at radius 1 is 1.25 bits per heavy atom. The van der Waals surface area contributed by atoms with E-state index < -0.39 is 22.6 Å². The molecule has 1 N–H and O–H groups in total. The van der Waals surface area contributed by atoms with E-state index in [1.807, 2.05) is 13.8 Å². The fraction of sp³-hybridized carbons (Fsp3) is 0.708. The first-order valence-corrected chi connectivity index (χ1v) is 12.5. The molecule has 32 heavy (non-hydrogen) atoms. The highest BCUT2D eigenvalue weighted by molar-refractivity contribution is 8.02. The number of rotatable bonds is 11. The minimum absolute atomic E-state index is 0.0231. The molecule has 0 saturated carbocycles. The summed E-state index contributed by atoms with van der Waals surface area (Å²) in [5.41, 5.74) is 0. The second kappa shape index (κ2) is 10.00. The minimum Gasteiger partial charge on any atom is -0.396 e. The van der Waals surface area contributed by atoms with Crippen LogP contribution in [0, 0.1) is 11.8 Å². The van der Waals surface area contributed by atoms with Crippen molar-refractivity contribution in [2.45, 2.75) is 61.6 Å². The smallest absolute Gasteiger partial charge is 0.247 e. The van der Waals surface area contributed by atoms with Gasteiger partial charge in [0.2, 0.25) is 17.7 Å². The van der Waals surface area contributed by atoms with E-state index in [1.54, 1.807) is 45.7 Å². The van der Waals surface area contributed by atoms with Crippen LogP contribution in [-0.2, 0) is 14.4 Å². The van der Waals surface area contributed by atoms with Gasteiger partial charge in [-0.3, -0.25) is 14.4 Å². The molecule has 178 valence electrons. The van der Waals surface area contributed by atoms with Crippen LogP contribution >= 0.6 is 11.8 Å². The van der Waals surface area contributed by atoms with Gasteiger partial charge in [-0.15, -0.1) is 24.9 Å². The molecule has 0 aromatic carbocycles. The number of carbonyl (C=O) groups excluding carboxylic acids is 3. The lowest BCUT2D eigenvalue weighted by molar-refractivity contribution is -0.144.